The zero-order valence-corrected chi connectivity index (χ0v) is 12.4. The maximum Gasteiger partial charge on any atom is 0.148 e. The van der Waals surface area contributed by atoms with Gasteiger partial charge in [0.1, 0.15) is 11.6 Å². The highest BCUT2D eigenvalue weighted by molar-refractivity contribution is 9.10. The molecule has 0 fully saturated rings. The van der Waals surface area contributed by atoms with Crippen molar-refractivity contribution in [3.63, 3.8) is 0 Å². The molecule has 0 aliphatic heterocycles. The van der Waals surface area contributed by atoms with Gasteiger partial charge in [0.2, 0.25) is 0 Å². The molecule has 1 heterocycles. The molecule has 0 unspecified atom stereocenters. The predicted octanol–water partition coefficient (Wildman–Crippen LogP) is 3.37. The third-order valence-corrected chi connectivity index (χ3v) is 3.76. The molecule has 0 bridgehead atoms. The summed E-state index contributed by atoms with van der Waals surface area (Å²) >= 11 is 2.96. The molecule has 0 atom stereocenters. The molecular formula is C13H14BrF2N3. The highest BCUT2D eigenvalue weighted by Crippen LogP contribution is 2.27. The fraction of sp³-hybridized carbons (Fsp3) is 0.308. The van der Waals surface area contributed by atoms with Gasteiger partial charge in [-0.25, -0.2) is 13.8 Å². The normalized spacial score (nSPS) is 11.9. The van der Waals surface area contributed by atoms with E-state index in [1.54, 1.807) is 17.8 Å². The molecule has 0 spiro atoms. The molecule has 102 valence electrons. The fourth-order valence-electron chi connectivity index (χ4n) is 1.77. The van der Waals surface area contributed by atoms with Crippen LogP contribution in [0.2, 0.25) is 0 Å². The number of halogens is 3. The first-order valence-electron chi connectivity index (χ1n) is 5.73. The molecule has 0 saturated carbocycles. The first-order chi connectivity index (χ1) is 8.86. The molecular weight excluding hydrogens is 316 g/mol. The maximum absolute atomic E-state index is 14.0. The van der Waals surface area contributed by atoms with Crippen LogP contribution in [0.25, 0.3) is 5.69 Å². The third kappa shape index (κ3) is 2.55. The molecule has 2 aromatic rings. The highest BCUT2D eigenvalue weighted by atomic mass is 79.9. The van der Waals surface area contributed by atoms with E-state index in [4.69, 9.17) is 0 Å². The molecule has 3 nitrogen and oxygen atoms in total. The molecule has 19 heavy (non-hydrogen) atoms. The Morgan fingerprint density at radius 1 is 1.26 bits per heavy atom. The smallest absolute Gasteiger partial charge is 0.148 e. The molecule has 1 aromatic heterocycles. The van der Waals surface area contributed by atoms with Crippen molar-refractivity contribution >= 4 is 15.9 Å². The Kier molecular flexibility index (Phi) is 3.73. The SMILES string of the molecule is CNC(C)(C)c1cncn1-c1cc(F)c(Br)cc1F. The van der Waals surface area contributed by atoms with Crippen molar-refractivity contribution in [2.24, 2.45) is 0 Å². The Balaban J connectivity index is 2.61. The molecule has 0 amide bonds. The molecule has 1 N–H and O–H groups in total. The highest BCUT2D eigenvalue weighted by Gasteiger charge is 2.24. The second-order valence-electron chi connectivity index (χ2n) is 4.74. The van der Waals surface area contributed by atoms with Gasteiger partial charge in [0.05, 0.1) is 33.9 Å². The Hall–Kier alpha value is -1.27. The molecule has 0 aliphatic rings. The standard InChI is InChI=1S/C13H14BrF2N3/c1-13(2,17-3)12-6-18-7-19(12)11-5-9(15)8(14)4-10(11)16/h4-7,17H,1-3H3. The van der Waals surface area contributed by atoms with Crippen molar-refractivity contribution < 1.29 is 8.78 Å². The first-order valence-corrected chi connectivity index (χ1v) is 6.53. The van der Waals surface area contributed by atoms with Crippen LogP contribution in [-0.2, 0) is 5.54 Å². The quantitative estimate of drug-likeness (QED) is 0.875. The summed E-state index contributed by atoms with van der Waals surface area (Å²) in [6.07, 6.45) is 3.11. The first kappa shape index (κ1) is 14.1. The number of hydrogen-bond acceptors (Lipinski definition) is 2. The molecule has 0 radical (unpaired) electrons. The fourth-order valence-corrected chi connectivity index (χ4v) is 2.09. The minimum Gasteiger partial charge on any atom is -0.310 e. The van der Waals surface area contributed by atoms with E-state index in [0.29, 0.717) is 0 Å². The Morgan fingerprint density at radius 2 is 1.95 bits per heavy atom. The predicted molar refractivity (Wildman–Crippen MR) is 73.3 cm³/mol. The number of nitrogens with one attached hydrogen (secondary N) is 1. The van der Waals surface area contributed by atoms with Gasteiger partial charge in [-0.2, -0.15) is 0 Å². The van der Waals surface area contributed by atoms with Crippen molar-refractivity contribution in [3.8, 4) is 5.69 Å². The van der Waals surface area contributed by atoms with Crippen LogP contribution in [0.5, 0.6) is 0 Å². The van der Waals surface area contributed by atoms with E-state index in [0.717, 1.165) is 17.8 Å². The van der Waals surface area contributed by atoms with E-state index in [2.05, 4.69) is 26.2 Å². The number of rotatable bonds is 3. The van der Waals surface area contributed by atoms with Crippen molar-refractivity contribution in [1.29, 1.82) is 0 Å². The molecule has 0 saturated heterocycles. The number of hydrogen-bond donors (Lipinski definition) is 1. The van der Waals surface area contributed by atoms with E-state index < -0.39 is 17.2 Å². The van der Waals surface area contributed by atoms with Crippen LogP contribution in [0, 0.1) is 11.6 Å². The van der Waals surface area contributed by atoms with Crippen molar-refractivity contribution in [2.75, 3.05) is 7.05 Å². The topological polar surface area (TPSA) is 29.9 Å². The lowest BCUT2D eigenvalue weighted by Gasteiger charge is -2.25. The van der Waals surface area contributed by atoms with Gasteiger partial charge in [0.15, 0.2) is 0 Å². The largest absolute Gasteiger partial charge is 0.310 e. The summed E-state index contributed by atoms with van der Waals surface area (Å²) in [5.74, 6) is -1.03. The zero-order valence-electron chi connectivity index (χ0n) is 10.8. The van der Waals surface area contributed by atoms with Gasteiger partial charge in [-0.3, -0.25) is 4.57 Å². The number of benzene rings is 1. The summed E-state index contributed by atoms with van der Waals surface area (Å²) in [7, 11) is 1.80. The van der Waals surface area contributed by atoms with Gasteiger partial charge in [0, 0.05) is 6.07 Å². The van der Waals surface area contributed by atoms with Gasteiger partial charge in [-0.1, -0.05) is 0 Å². The van der Waals surface area contributed by atoms with Gasteiger partial charge in [0.25, 0.3) is 0 Å². The van der Waals surface area contributed by atoms with Gasteiger partial charge in [-0.05, 0) is 42.9 Å². The van der Waals surface area contributed by atoms with Crippen LogP contribution in [0.1, 0.15) is 19.5 Å². The van der Waals surface area contributed by atoms with Crippen LogP contribution >= 0.6 is 15.9 Å². The van der Waals surface area contributed by atoms with Crippen LogP contribution in [0.4, 0.5) is 8.78 Å². The second-order valence-corrected chi connectivity index (χ2v) is 5.60. The summed E-state index contributed by atoms with van der Waals surface area (Å²) in [4.78, 5) is 4.03. The number of imidazole rings is 1. The van der Waals surface area contributed by atoms with E-state index in [9.17, 15) is 8.78 Å². The molecule has 6 heteroatoms. The lowest BCUT2D eigenvalue weighted by atomic mass is 10.0. The summed E-state index contributed by atoms with van der Waals surface area (Å²) in [6, 6.07) is 2.26. The summed E-state index contributed by atoms with van der Waals surface area (Å²) in [5.41, 5.74) is 0.471. The maximum atomic E-state index is 14.0. The average molecular weight is 330 g/mol. The molecule has 1 aromatic carbocycles. The number of aromatic nitrogens is 2. The number of nitrogens with zero attached hydrogens (tertiary/aromatic N) is 2. The lowest BCUT2D eigenvalue weighted by Crippen LogP contribution is -2.35. The minimum atomic E-state index is -0.515. The average Bonchev–Trinajstić information content (AvgIpc) is 2.83. The van der Waals surface area contributed by atoms with Crippen molar-refractivity contribution in [2.45, 2.75) is 19.4 Å². The third-order valence-electron chi connectivity index (χ3n) is 3.15. The monoisotopic (exact) mass is 329 g/mol. The van der Waals surface area contributed by atoms with Crippen LogP contribution in [0.15, 0.2) is 29.1 Å². The van der Waals surface area contributed by atoms with E-state index in [1.165, 1.54) is 6.33 Å². The Morgan fingerprint density at radius 3 is 2.58 bits per heavy atom. The van der Waals surface area contributed by atoms with Gasteiger partial charge in [-0.15, -0.1) is 0 Å². The van der Waals surface area contributed by atoms with Crippen LogP contribution in [0.3, 0.4) is 0 Å². The molecule has 2 rings (SSSR count). The van der Waals surface area contributed by atoms with E-state index in [1.807, 2.05) is 13.8 Å². The minimum absolute atomic E-state index is 0.100. The summed E-state index contributed by atoms with van der Waals surface area (Å²) < 4.78 is 29.2. The molecule has 0 aliphatic carbocycles. The van der Waals surface area contributed by atoms with Gasteiger partial charge < -0.3 is 5.32 Å². The second kappa shape index (κ2) is 5.02. The summed E-state index contributed by atoms with van der Waals surface area (Å²) in [5, 5.41) is 3.11. The van der Waals surface area contributed by atoms with Crippen LogP contribution in [-0.4, -0.2) is 16.6 Å². The van der Waals surface area contributed by atoms with E-state index in [-0.39, 0.29) is 10.2 Å². The van der Waals surface area contributed by atoms with Crippen molar-refractivity contribution in [3.05, 3.63) is 46.5 Å². The van der Waals surface area contributed by atoms with E-state index >= 15 is 0 Å². The lowest BCUT2D eigenvalue weighted by molar-refractivity contribution is 0.423. The van der Waals surface area contributed by atoms with Crippen molar-refractivity contribution in [1.82, 2.24) is 14.9 Å². The Bertz CT molecular complexity index is 608. The summed E-state index contributed by atoms with van der Waals surface area (Å²) in [6.45, 7) is 3.88. The zero-order chi connectivity index (χ0) is 14.2. The Labute approximate surface area is 118 Å². The van der Waals surface area contributed by atoms with Gasteiger partial charge >= 0.3 is 0 Å². The van der Waals surface area contributed by atoms with Crippen LogP contribution < -0.4 is 5.32 Å².